The number of imidazole rings is 1. The van der Waals surface area contributed by atoms with E-state index >= 15 is 0 Å². The van der Waals surface area contributed by atoms with E-state index in [1.807, 2.05) is 18.5 Å². The number of nitrogens with one attached hydrogen (secondary N) is 2. The molecule has 0 aliphatic carbocycles. The number of hydrogen-bond acceptors (Lipinski definition) is 5. The van der Waals surface area contributed by atoms with Crippen LogP contribution in [-0.2, 0) is 13.0 Å². The largest absolute Gasteiger partial charge is 0.366 e. The Bertz CT molecular complexity index is 838. The topological polar surface area (TPSA) is 95.2 Å². The SMILES string of the molecule is N#Cc1cn2c(n1)C[C@@H](Nc1ncnc3[nH]ccc13)CC2. The molecule has 4 rings (SSSR count). The minimum atomic E-state index is 0.263. The monoisotopic (exact) mass is 279 g/mol. The summed E-state index contributed by atoms with van der Waals surface area (Å²) in [6, 6.07) is 4.32. The molecule has 0 amide bonds. The van der Waals surface area contributed by atoms with Crippen molar-refractivity contribution < 1.29 is 0 Å². The highest BCUT2D eigenvalue weighted by Gasteiger charge is 2.21. The van der Waals surface area contributed by atoms with Gasteiger partial charge in [0.15, 0.2) is 5.69 Å². The van der Waals surface area contributed by atoms with Gasteiger partial charge in [-0.15, -0.1) is 0 Å². The fourth-order valence-corrected chi connectivity index (χ4v) is 2.79. The summed E-state index contributed by atoms with van der Waals surface area (Å²) in [5, 5.41) is 13.4. The Kier molecular flexibility index (Phi) is 2.60. The van der Waals surface area contributed by atoms with E-state index < -0.39 is 0 Å². The maximum Gasteiger partial charge on any atom is 0.158 e. The second kappa shape index (κ2) is 4.59. The summed E-state index contributed by atoms with van der Waals surface area (Å²) >= 11 is 0. The van der Waals surface area contributed by atoms with Gasteiger partial charge in [0.05, 0.1) is 5.39 Å². The van der Waals surface area contributed by atoms with Crippen LogP contribution >= 0.6 is 0 Å². The van der Waals surface area contributed by atoms with Gasteiger partial charge in [-0.05, 0) is 12.5 Å². The number of rotatable bonds is 2. The van der Waals surface area contributed by atoms with Gasteiger partial charge in [0.25, 0.3) is 0 Å². The Morgan fingerprint density at radius 3 is 3.29 bits per heavy atom. The van der Waals surface area contributed by atoms with E-state index in [4.69, 9.17) is 5.26 Å². The van der Waals surface area contributed by atoms with Gasteiger partial charge in [-0.2, -0.15) is 5.26 Å². The number of nitriles is 1. The van der Waals surface area contributed by atoms with Crippen LogP contribution in [0.4, 0.5) is 5.82 Å². The summed E-state index contributed by atoms with van der Waals surface area (Å²) in [5.74, 6) is 1.79. The molecule has 3 aromatic heterocycles. The lowest BCUT2D eigenvalue weighted by Crippen LogP contribution is -2.30. The van der Waals surface area contributed by atoms with Crippen molar-refractivity contribution >= 4 is 16.9 Å². The molecule has 0 aromatic carbocycles. The first-order valence-electron chi connectivity index (χ1n) is 6.84. The molecule has 4 heterocycles. The van der Waals surface area contributed by atoms with E-state index in [0.717, 1.165) is 42.1 Å². The Hall–Kier alpha value is -2.88. The van der Waals surface area contributed by atoms with Gasteiger partial charge in [0.2, 0.25) is 0 Å². The predicted octanol–water partition coefficient (Wildman–Crippen LogP) is 1.45. The van der Waals surface area contributed by atoms with Crippen LogP contribution < -0.4 is 5.32 Å². The average molecular weight is 279 g/mol. The number of aryl methyl sites for hydroxylation is 1. The van der Waals surface area contributed by atoms with Crippen molar-refractivity contribution in [1.29, 1.82) is 5.26 Å². The van der Waals surface area contributed by atoms with Crippen molar-refractivity contribution in [2.24, 2.45) is 0 Å². The van der Waals surface area contributed by atoms with Crippen LogP contribution in [0.3, 0.4) is 0 Å². The van der Waals surface area contributed by atoms with Crippen molar-refractivity contribution in [2.45, 2.75) is 25.4 Å². The quantitative estimate of drug-likeness (QED) is 0.740. The highest BCUT2D eigenvalue weighted by molar-refractivity contribution is 5.86. The number of H-pyrrole nitrogens is 1. The van der Waals surface area contributed by atoms with Crippen molar-refractivity contribution in [3.05, 3.63) is 36.3 Å². The first-order chi connectivity index (χ1) is 10.3. The van der Waals surface area contributed by atoms with Gasteiger partial charge in [-0.3, -0.25) is 0 Å². The molecule has 7 heteroatoms. The summed E-state index contributed by atoms with van der Waals surface area (Å²) in [7, 11) is 0. The molecule has 7 nitrogen and oxygen atoms in total. The Morgan fingerprint density at radius 1 is 1.43 bits per heavy atom. The molecule has 0 spiro atoms. The second-order valence-corrected chi connectivity index (χ2v) is 5.14. The zero-order valence-corrected chi connectivity index (χ0v) is 11.2. The molecule has 104 valence electrons. The number of aromatic amines is 1. The lowest BCUT2D eigenvalue weighted by Gasteiger charge is -2.24. The number of hydrogen-bond donors (Lipinski definition) is 2. The van der Waals surface area contributed by atoms with Crippen LogP contribution in [-0.4, -0.2) is 30.5 Å². The van der Waals surface area contributed by atoms with Crippen LogP contribution in [0.1, 0.15) is 17.9 Å². The molecule has 0 saturated heterocycles. The molecule has 1 atom stereocenters. The minimum absolute atomic E-state index is 0.263. The highest BCUT2D eigenvalue weighted by Crippen LogP contribution is 2.22. The first kappa shape index (κ1) is 11.9. The molecule has 0 saturated carbocycles. The third kappa shape index (κ3) is 2.01. The first-order valence-corrected chi connectivity index (χ1v) is 6.84. The molecule has 2 N–H and O–H groups in total. The summed E-state index contributed by atoms with van der Waals surface area (Å²) < 4.78 is 2.06. The molecular formula is C14H13N7. The smallest absolute Gasteiger partial charge is 0.158 e. The van der Waals surface area contributed by atoms with Gasteiger partial charge in [0, 0.05) is 31.4 Å². The van der Waals surface area contributed by atoms with E-state index in [9.17, 15) is 0 Å². The van der Waals surface area contributed by atoms with Crippen LogP contribution in [0.2, 0.25) is 0 Å². The summed E-state index contributed by atoms with van der Waals surface area (Å²) in [6.07, 6.45) is 7.00. The van der Waals surface area contributed by atoms with Gasteiger partial charge in [0.1, 0.15) is 29.7 Å². The molecule has 0 radical (unpaired) electrons. The van der Waals surface area contributed by atoms with E-state index in [1.54, 1.807) is 6.33 Å². The molecule has 21 heavy (non-hydrogen) atoms. The van der Waals surface area contributed by atoms with E-state index in [-0.39, 0.29) is 6.04 Å². The highest BCUT2D eigenvalue weighted by atomic mass is 15.1. The van der Waals surface area contributed by atoms with Crippen molar-refractivity contribution in [1.82, 2.24) is 24.5 Å². The molecular weight excluding hydrogens is 266 g/mol. The van der Waals surface area contributed by atoms with Crippen molar-refractivity contribution in [3.8, 4) is 6.07 Å². The van der Waals surface area contributed by atoms with Crippen molar-refractivity contribution in [2.75, 3.05) is 5.32 Å². The van der Waals surface area contributed by atoms with E-state index in [1.165, 1.54) is 0 Å². The average Bonchev–Trinajstić information content (AvgIpc) is 3.13. The number of aromatic nitrogens is 5. The van der Waals surface area contributed by atoms with E-state index in [0.29, 0.717) is 5.69 Å². The fraction of sp³-hybridized carbons (Fsp3) is 0.286. The Morgan fingerprint density at radius 2 is 2.38 bits per heavy atom. The van der Waals surface area contributed by atoms with Gasteiger partial charge in [-0.25, -0.2) is 15.0 Å². The molecule has 0 fully saturated rings. The van der Waals surface area contributed by atoms with Crippen LogP contribution in [0.15, 0.2) is 24.8 Å². The molecule has 1 aliphatic heterocycles. The summed E-state index contributed by atoms with van der Waals surface area (Å²) in [6.45, 7) is 0.864. The van der Waals surface area contributed by atoms with Gasteiger partial charge in [-0.1, -0.05) is 0 Å². The zero-order valence-electron chi connectivity index (χ0n) is 11.2. The fourth-order valence-electron chi connectivity index (χ4n) is 2.79. The van der Waals surface area contributed by atoms with Crippen molar-refractivity contribution in [3.63, 3.8) is 0 Å². The van der Waals surface area contributed by atoms with Crippen LogP contribution in [0.25, 0.3) is 11.0 Å². The standard InChI is InChI=1S/C14H13N7/c15-6-10-7-21-4-2-9(5-12(21)19-10)20-14-11-1-3-16-13(11)17-8-18-14/h1,3,7-9H,2,4-5H2,(H2,16,17,18,20)/t9-/m0/s1. The van der Waals surface area contributed by atoms with Crippen LogP contribution in [0.5, 0.6) is 0 Å². The number of anilines is 1. The third-order valence-electron chi connectivity index (χ3n) is 3.82. The molecule has 1 aliphatic rings. The molecule has 0 unspecified atom stereocenters. The predicted molar refractivity (Wildman–Crippen MR) is 76.6 cm³/mol. The second-order valence-electron chi connectivity index (χ2n) is 5.14. The Labute approximate surface area is 120 Å². The maximum absolute atomic E-state index is 8.92. The van der Waals surface area contributed by atoms with Gasteiger partial charge < -0.3 is 14.9 Å². The third-order valence-corrected chi connectivity index (χ3v) is 3.82. The number of fused-ring (bicyclic) bond motifs is 2. The maximum atomic E-state index is 8.92. The summed E-state index contributed by atoms with van der Waals surface area (Å²) in [5.41, 5.74) is 1.32. The summed E-state index contributed by atoms with van der Waals surface area (Å²) in [4.78, 5) is 15.9. The number of nitrogens with zero attached hydrogens (tertiary/aromatic N) is 5. The minimum Gasteiger partial charge on any atom is -0.366 e. The molecule has 3 aromatic rings. The zero-order chi connectivity index (χ0) is 14.2. The Balaban J connectivity index is 1.59. The molecule has 0 bridgehead atoms. The van der Waals surface area contributed by atoms with Crippen LogP contribution in [0, 0.1) is 11.3 Å². The lowest BCUT2D eigenvalue weighted by molar-refractivity contribution is 0.483. The van der Waals surface area contributed by atoms with E-state index in [2.05, 4.69) is 35.9 Å². The lowest BCUT2D eigenvalue weighted by atomic mass is 10.1. The normalized spacial score (nSPS) is 17.4. The van der Waals surface area contributed by atoms with Gasteiger partial charge >= 0.3 is 0 Å².